The Kier molecular flexibility index (Phi) is 1.81. The zero-order valence-corrected chi connectivity index (χ0v) is 7.85. The molecule has 1 nitrogen and oxygen atoms in total. The molecule has 1 atom stereocenters. The highest BCUT2D eigenvalue weighted by molar-refractivity contribution is 6.81. The number of rotatable bonds is 1. The van der Waals surface area contributed by atoms with E-state index in [9.17, 15) is 4.79 Å². The number of hydrogen-bond donors (Lipinski definition) is 0. The molecule has 0 fully saturated rings. The predicted octanol–water partition coefficient (Wildman–Crippen LogP) is 2.22. The van der Waals surface area contributed by atoms with Crippen LogP contribution in [0.15, 0.2) is 12.2 Å². The first-order chi connectivity index (χ1) is 4.52. The van der Waals surface area contributed by atoms with E-state index in [1.807, 2.05) is 6.08 Å². The van der Waals surface area contributed by atoms with Gasteiger partial charge in [0, 0.05) is 5.54 Å². The van der Waals surface area contributed by atoms with Gasteiger partial charge in [-0.2, -0.15) is 0 Å². The minimum absolute atomic E-state index is 0.360. The molecule has 0 aromatic heterocycles. The van der Waals surface area contributed by atoms with Crippen molar-refractivity contribution in [3.63, 3.8) is 0 Å². The van der Waals surface area contributed by atoms with Crippen LogP contribution in [0.4, 0.5) is 0 Å². The standard InChI is InChI=1S/C8H14OSi/c1-10(2,3)8-6-4-5-7(8)9/h4-5,8H,6H2,1-3H3. The quantitative estimate of drug-likeness (QED) is 0.529. The van der Waals surface area contributed by atoms with Gasteiger partial charge in [-0.15, -0.1) is 0 Å². The van der Waals surface area contributed by atoms with E-state index in [0.717, 1.165) is 6.42 Å². The van der Waals surface area contributed by atoms with E-state index in [1.165, 1.54) is 0 Å². The maximum absolute atomic E-state index is 11.2. The van der Waals surface area contributed by atoms with Crippen molar-refractivity contribution in [1.29, 1.82) is 0 Å². The fourth-order valence-electron chi connectivity index (χ4n) is 1.33. The van der Waals surface area contributed by atoms with E-state index in [1.54, 1.807) is 6.08 Å². The molecular weight excluding hydrogens is 140 g/mol. The Hall–Kier alpha value is -0.373. The molecule has 2 heteroatoms. The molecular formula is C8H14OSi. The highest BCUT2D eigenvalue weighted by Gasteiger charge is 2.32. The summed E-state index contributed by atoms with van der Waals surface area (Å²) in [4.78, 5) is 11.2. The normalized spacial score (nSPS) is 25.9. The summed E-state index contributed by atoms with van der Waals surface area (Å²) in [5, 5.41) is 0. The summed E-state index contributed by atoms with van der Waals surface area (Å²) < 4.78 is 0. The van der Waals surface area contributed by atoms with Gasteiger partial charge in [0.15, 0.2) is 5.78 Å². The molecule has 0 aromatic rings. The molecule has 0 radical (unpaired) electrons. The van der Waals surface area contributed by atoms with Gasteiger partial charge in [0.1, 0.15) is 0 Å². The van der Waals surface area contributed by atoms with Crippen molar-refractivity contribution < 1.29 is 4.79 Å². The molecule has 10 heavy (non-hydrogen) atoms. The summed E-state index contributed by atoms with van der Waals surface area (Å²) in [5.74, 6) is 0.360. The lowest BCUT2D eigenvalue weighted by Crippen LogP contribution is -2.30. The van der Waals surface area contributed by atoms with E-state index in [-0.39, 0.29) is 0 Å². The van der Waals surface area contributed by atoms with Crippen LogP contribution in [0, 0.1) is 0 Å². The summed E-state index contributed by atoms with van der Waals surface area (Å²) in [7, 11) is -1.20. The number of carbonyl (C=O) groups is 1. The minimum atomic E-state index is -1.20. The van der Waals surface area contributed by atoms with Gasteiger partial charge in [-0.25, -0.2) is 0 Å². The topological polar surface area (TPSA) is 17.1 Å². The second-order valence-corrected chi connectivity index (χ2v) is 9.39. The SMILES string of the molecule is C[Si](C)(C)C1CC=CC1=O. The molecule has 1 aliphatic rings. The summed E-state index contributed by atoms with van der Waals surface area (Å²) in [6.07, 6.45) is 4.74. The smallest absolute Gasteiger partial charge is 0.156 e. The van der Waals surface area contributed by atoms with Crippen LogP contribution in [-0.4, -0.2) is 13.9 Å². The van der Waals surface area contributed by atoms with Gasteiger partial charge < -0.3 is 0 Å². The zero-order valence-electron chi connectivity index (χ0n) is 6.85. The average Bonchev–Trinajstić information content (AvgIpc) is 2.11. The Morgan fingerprint density at radius 2 is 2.10 bits per heavy atom. The maximum Gasteiger partial charge on any atom is 0.156 e. The zero-order chi connectivity index (χ0) is 7.78. The average molecular weight is 154 g/mol. The Morgan fingerprint density at radius 3 is 2.30 bits per heavy atom. The highest BCUT2D eigenvalue weighted by Crippen LogP contribution is 2.30. The van der Waals surface area contributed by atoms with Crippen molar-refractivity contribution in [2.24, 2.45) is 0 Å². The van der Waals surface area contributed by atoms with Crippen LogP contribution >= 0.6 is 0 Å². The molecule has 0 spiro atoms. The third kappa shape index (κ3) is 1.37. The van der Waals surface area contributed by atoms with Crippen LogP contribution in [0.25, 0.3) is 0 Å². The van der Waals surface area contributed by atoms with Crippen LogP contribution < -0.4 is 0 Å². The molecule has 0 N–H and O–H groups in total. The largest absolute Gasteiger partial charge is 0.295 e. The van der Waals surface area contributed by atoms with Gasteiger partial charge in [0.2, 0.25) is 0 Å². The Morgan fingerprint density at radius 1 is 1.50 bits per heavy atom. The molecule has 0 aliphatic heterocycles. The Balaban J connectivity index is 2.69. The van der Waals surface area contributed by atoms with Gasteiger partial charge in [-0.05, 0) is 12.5 Å². The molecule has 0 heterocycles. The molecule has 0 saturated heterocycles. The third-order valence-corrected chi connectivity index (χ3v) is 4.65. The predicted molar refractivity (Wildman–Crippen MR) is 45.9 cm³/mol. The molecule has 1 unspecified atom stereocenters. The van der Waals surface area contributed by atoms with Crippen molar-refractivity contribution >= 4 is 13.9 Å². The Bertz CT molecular complexity index is 176. The van der Waals surface area contributed by atoms with Crippen molar-refractivity contribution in [3.8, 4) is 0 Å². The molecule has 56 valence electrons. The second kappa shape index (κ2) is 2.35. The summed E-state index contributed by atoms with van der Waals surface area (Å²) >= 11 is 0. The third-order valence-electron chi connectivity index (χ3n) is 2.04. The number of carbonyl (C=O) groups excluding carboxylic acids is 1. The minimum Gasteiger partial charge on any atom is -0.295 e. The maximum atomic E-state index is 11.2. The monoisotopic (exact) mass is 154 g/mol. The van der Waals surface area contributed by atoms with Crippen molar-refractivity contribution in [2.75, 3.05) is 0 Å². The lowest BCUT2D eigenvalue weighted by Gasteiger charge is -2.22. The van der Waals surface area contributed by atoms with Gasteiger partial charge >= 0.3 is 0 Å². The summed E-state index contributed by atoms with van der Waals surface area (Å²) in [6, 6.07) is 0. The van der Waals surface area contributed by atoms with Crippen LogP contribution in [0.2, 0.25) is 25.2 Å². The summed E-state index contributed by atoms with van der Waals surface area (Å²) in [6.45, 7) is 6.76. The first kappa shape index (κ1) is 7.73. The molecule has 0 aromatic carbocycles. The van der Waals surface area contributed by atoms with Crippen LogP contribution in [-0.2, 0) is 4.79 Å². The highest BCUT2D eigenvalue weighted by atomic mass is 28.3. The van der Waals surface area contributed by atoms with Crippen LogP contribution in [0.1, 0.15) is 6.42 Å². The lowest BCUT2D eigenvalue weighted by atomic mass is 10.3. The van der Waals surface area contributed by atoms with Gasteiger partial charge in [0.25, 0.3) is 0 Å². The van der Waals surface area contributed by atoms with Gasteiger partial charge in [-0.3, -0.25) is 4.79 Å². The molecule has 1 aliphatic carbocycles. The fourth-order valence-corrected chi connectivity index (χ4v) is 3.13. The lowest BCUT2D eigenvalue weighted by molar-refractivity contribution is -0.114. The fraction of sp³-hybridized carbons (Fsp3) is 0.625. The molecule has 1 rings (SSSR count). The van der Waals surface area contributed by atoms with Crippen molar-refractivity contribution in [3.05, 3.63) is 12.2 Å². The second-order valence-electron chi connectivity index (χ2n) is 3.96. The number of allylic oxidation sites excluding steroid dienone is 2. The van der Waals surface area contributed by atoms with E-state index in [4.69, 9.17) is 0 Å². The molecule has 0 bridgehead atoms. The van der Waals surface area contributed by atoms with Crippen molar-refractivity contribution in [2.45, 2.75) is 31.6 Å². The van der Waals surface area contributed by atoms with E-state index < -0.39 is 8.07 Å². The number of ketones is 1. The van der Waals surface area contributed by atoms with E-state index in [2.05, 4.69) is 19.6 Å². The van der Waals surface area contributed by atoms with Gasteiger partial charge in [-0.1, -0.05) is 25.7 Å². The first-order valence-corrected chi connectivity index (χ1v) is 7.30. The van der Waals surface area contributed by atoms with Gasteiger partial charge in [0.05, 0.1) is 8.07 Å². The van der Waals surface area contributed by atoms with Crippen molar-refractivity contribution in [1.82, 2.24) is 0 Å². The number of hydrogen-bond acceptors (Lipinski definition) is 1. The summed E-state index contributed by atoms with van der Waals surface area (Å²) in [5.41, 5.74) is 0.368. The van der Waals surface area contributed by atoms with E-state index >= 15 is 0 Å². The molecule has 0 amide bonds. The van der Waals surface area contributed by atoms with Crippen LogP contribution in [0.5, 0.6) is 0 Å². The van der Waals surface area contributed by atoms with E-state index in [0.29, 0.717) is 11.3 Å². The molecule has 0 saturated carbocycles. The Labute approximate surface area is 63.1 Å². The van der Waals surface area contributed by atoms with Crippen LogP contribution in [0.3, 0.4) is 0 Å². The first-order valence-electron chi connectivity index (χ1n) is 3.72.